The molecule has 0 aliphatic carbocycles. The van der Waals surface area contributed by atoms with Crippen LogP contribution in [0.1, 0.15) is 20.3 Å². The van der Waals surface area contributed by atoms with Gasteiger partial charge in [0.25, 0.3) is 0 Å². The minimum Gasteiger partial charge on any atom is -0.334 e. The first-order chi connectivity index (χ1) is 9.89. The molecule has 21 heavy (non-hydrogen) atoms. The maximum atomic E-state index is 12.8. The number of benzene rings is 1. The minimum absolute atomic E-state index is 0.320. The lowest BCUT2D eigenvalue weighted by Crippen LogP contribution is -2.36. The van der Waals surface area contributed by atoms with Crippen molar-refractivity contribution >= 4 is 21.1 Å². The second kappa shape index (κ2) is 4.96. The summed E-state index contributed by atoms with van der Waals surface area (Å²) in [6.45, 7) is 5.10. The van der Waals surface area contributed by atoms with Gasteiger partial charge < -0.3 is 4.57 Å². The average Bonchev–Trinajstić information content (AvgIpc) is 2.83. The number of hydrogen-bond donors (Lipinski definition) is 0. The molecule has 0 fully saturated rings. The average molecular weight is 305 g/mol. The van der Waals surface area contributed by atoms with Crippen LogP contribution in [-0.2, 0) is 17.1 Å². The van der Waals surface area contributed by atoms with E-state index in [0.717, 1.165) is 17.5 Å². The molecule has 0 atom stereocenters. The van der Waals surface area contributed by atoms with E-state index in [0.29, 0.717) is 23.5 Å². The zero-order valence-corrected chi connectivity index (χ0v) is 13.3. The van der Waals surface area contributed by atoms with Crippen molar-refractivity contribution in [1.82, 2.24) is 13.9 Å². The number of aryl methyl sites for hydroxylation is 1. The molecule has 1 aromatic heterocycles. The molecule has 3 rings (SSSR count). The molecular formula is C15H19N3O2S. The molecule has 0 unspecified atom stereocenters. The van der Waals surface area contributed by atoms with Crippen molar-refractivity contribution in [3.63, 3.8) is 0 Å². The van der Waals surface area contributed by atoms with Crippen LogP contribution in [0.15, 0.2) is 40.6 Å². The van der Waals surface area contributed by atoms with Crippen LogP contribution in [0, 0.1) is 0 Å². The summed E-state index contributed by atoms with van der Waals surface area (Å²) >= 11 is 0. The summed E-state index contributed by atoms with van der Waals surface area (Å²) in [7, 11) is -1.56. The standard InChI is InChI=1S/C15H19N3O2S/c1-11-6-7-18(9-12(11)2)21(19,20)13-4-5-15-14(8-13)16-10-17(15)3/h4-5,8,10H,6-7,9H2,1-3H3. The van der Waals surface area contributed by atoms with E-state index < -0.39 is 10.0 Å². The van der Waals surface area contributed by atoms with Crippen LogP contribution >= 0.6 is 0 Å². The number of fused-ring (bicyclic) bond motifs is 1. The summed E-state index contributed by atoms with van der Waals surface area (Å²) in [6.07, 6.45) is 2.50. The number of aromatic nitrogens is 2. The van der Waals surface area contributed by atoms with Crippen molar-refractivity contribution in [3.8, 4) is 0 Å². The van der Waals surface area contributed by atoms with Gasteiger partial charge in [-0.25, -0.2) is 13.4 Å². The van der Waals surface area contributed by atoms with Gasteiger partial charge in [0.05, 0.1) is 22.3 Å². The Morgan fingerprint density at radius 3 is 2.67 bits per heavy atom. The largest absolute Gasteiger partial charge is 0.334 e. The van der Waals surface area contributed by atoms with Crippen LogP contribution in [0.25, 0.3) is 11.0 Å². The Bertz CT molecular complexity index is 834. The monoisotopic (exact) mass is 305 g/mol. The third kappa shape index (κ3) is 2.38. The Kier molecular flexibility index (Phi) is 3.37. The maximum Gasteiger partial charge on any atom is 0.243 e. The maximum absolute atomic E-state index is 12.8. The molecule has 1 aliphatic rings. The quantitative estimate of drug-likeness (QED) is 0.800. The van der Waals surface area contributed by atoms with Crippen molar-refractivity contribution in [2.45, 2.75) is 25.2 Å². The van der Waals surface area contributed by atoms with E-state index in [1.807, 2.05) is 24.6 Å². The lowest BCUT2D eigenvalue weighted by molar-refractivity contribution is 0.421. The molecule has 5 nitrogen and oxygen atoms in total. The van der Waals surface area contributed by atoms with Gasteiger partial charge in [0.1, 0.15) is 0 Å². The van der Waals surface area contributed by atoms with Crippen molar-refractivity contribution < 1.29 is 8.42 Å². The molecule has 0 spiro atoms. The highest BCUT2D eigenvalue weighted by Crippen LogP contribution is 2.25. The molecule has 1 aliphatic heterocycles. The molecular weight excluding hydrogens is 286 g/mol. The first-order valence-corrected chi connectivity index (χ1v) is 8.40. The number of hydrogen-bond acceptors (Lipinski definition) is 3. The summed E-state index contributed by atoms with van der Waals surface area (Å²) in [5.74, 6) is 0. The number of sulfonamides is 1. The first kappa shape index (κ1) is 14.3. The van der Waals surface area contributed by atoms with Crippen molar-refractivity contribution in [3.05, 3.63) is 35.7 Å². The molecule has 0 radical (unpaired) electrons. The molecule has 6 heteroatoms. The highest BCUT2D eigenvalue weighted by atomic mass is 32.2. The third-order valence-electron chi connectivity index (χ3n) is 4.21. The SMILES string of the molecule is CC1=C(C)CN(S(=O)(=O)c2ccc3c(c2)ncn3C)CC1. The van der Waals surface area contributed by atoms with Crippen molar-refractivity contribution in [2.75, 3.05) is 13.1 Å². The van der Waals surface area contributed by atoms with Crippen LogP contribution in [-0.4, -0.2) is 35.4 Å². The molecule has 0 bridgehead atoms. The molecule has 2 aromatic rings. The molecule has 0 saturated carbocycles. The summed E-state index contributed by atoms with van der Waals surface area (Å²) < 4.78 is 29.0. The zero-order chi connectivity index (χ0) is 15.2. The topological polar surface area (TPSA) is 55.2 Å². The van der Waals surface area contributed by atoms with Crippen LogP contribution in [0.5, 0.6) is 0 Å². The normalized spacial score (nSPS) is 17.7. The predicted molar refractivity (Wildman–Crippen MR) is 82.5 cm³/mol. The van der Waals surface area contributed by atoms with Gasteiger partial charge in [-0.3, -0.25) is 0 Å². The Morgan fingerprint density at radius 2 is 1.95 bits per heavy atom. The van der Waals surface area contributed by atoms with Gasteiger partial charge >= 0.3 is 0 Å². The lowest BCUT2D eigenvalue weighted by atomic mass is 10.1. The Hall–Kier alpha value is -1.66. The van der Waals surface area contributed by atoms with E-state index in [9.17, 15) is 8.42 Å². The van der Waals surface area contributed by atoms with Gasteiger partial charge in [0, 0.05) is 20.1 Å². The number of rotatable bonds is 2. The minimum atomic E-state index is -3.45. The van der Waals surface area contributed by atoms with E-state index in [2.05, 4.69) is 11.9 Å². The summed E-state index contributed by atoms with van der Waals surface area (Å²) in [6, 6.07) is 5.14. The van der Waals surface area contributed by atoms with E-state index in [1.54, 1.807) is 22.8 Å². The summed E-state index contributed by atoms with van der Waals surface area (Å²) in [5, 5.41) is 0. The van der Waals surface area contributed by atoms with E-state index in [-0.39, 0.29) is 0 Å². The highest BCUT2D eigenvalue weighted by molar-refractivity contribution is 7.89. The molecule has 0 amide bonds. The smallest absolute Gasteiger partial charge is 0.243 e. The fraction of sp³-hybridized carbons (Fsp3) is 0.400. The third-order valence-corrected chi connectivity index (χ3v) is 6.05. The van der Waals surface area contributed by atoms with Gasteiger partial charge in [0.2, 0.25) is 10.0 Å². The van der Waals surface area contributed by atoms with Gasteiger partial charge in [-0.2, -0.15) is 4.31 Å². The Balaban J connectivity index is 2.00. The predicted octanol–water partition coefficient (Wildman–Crippen LogP) is 2.30. The molecule has 1 aromatic carbocycles. The second-order valence-electron chi connectivity index (χ2n) is 5.66. The van der Waals surface area contributed by atoms with E-state index >= 15 is 0 Å². The molecule has 2 heterocycles. The van der Waals surface area contributed by atoms with Gasteiger partial charge in [0.15, 0.2) is 0 Å². The Labute approximate surface area is 124 Å². The fourth-order valence-electron chi connectivity index (χ4n) is 2.61. The number of nitrogens with zero attached hydrogens (tertiary/aromatic N) is 3. The van der Waals surface area contributed by atoms with E-state index in [1.165, 1.54) is 5.57 Å². The number of imidazole rings is 1. The van der Waals surface area contributed by atoms with Crippen LogP contribution in [0.4, 0.5) is 0 Å². The Morgan fingerprint density at radius 1 is 1.19 bits per heavy atom. The van der Waals surface area contributed by atoms with E-state index in [4.69, 9.17) is 0 Å². The molecule has 0 N–H and O–H groups in total. The van der Waals surface area contributed by atoms with Crippen LogP contribution < -0.4 is 0 Å². The summed E-state index contributed by atoms with van der Waals surface area (Å²) in [5.41, 5.74) is 4.07. The van der Waals surface area contributed by atoms with Crippen molar-refractivity contribution in [2.24, 2.45) is 7.05 Å². The van der Waals surface area contributed by atoms with Crippen LogP contribution in [0.3, 0.4) is 0 Å². The molecule has 112 valence electrons. The lowest BCUT2D eigenvalue weighted by Gasteiger charge is -2.27. The second-order valence-corrected chi connectivity index (χ2v) is 7.59. The molecule has 0 saturated heterocycles. The zero-order valence-electron chi connectivity index (χ0n) is 12.5. The fourth-order valence-corrected chi connectivity index (χ4v) is 4.11. The highest BCUT2D eigenvalue weighted by Gasteiger charge is 2.27. The van der Waals surface area contributed by atoms with Crippen molar-refractivity contribution in [1.29, 1.82) is 0 Å². The van der Waals surface area contributed by atoms with Gasteiger partial charge in [-0.1, -0.05) is 11.1 Å². The van der Waals surface area contributed by atoms with Gasteiger partial charge in [-0.05, 0) is 38.5 Å². The van der Waals surface area contributed by atoms with Gasteiger partial charge in [-0.15, -0.1) is 0 Å². The summed E-state index contributed by atoms with van der Waals surface area (Å²) in [4.78, 5) is 4.56. The first-order valence-electron chi connectivity index (χ1n) is 6.96. The van der Waals surface area contributed by atoms with Crippen LogP contribution in [0.2, 0.25) is 0 Å².